The van der Waals surface area contributed by atoms with Gasteiger partial charge in [0.15, 0.2) is 0 Å². The quantitative estimate of drug-likeness (QED) is 0.747. The number of nitrogens with one attached hydrogen (secondary N) is 1. The predicted octanol–water partition coefficient (Wildman–Crippen LogP) is 0.854. The van der Waals surface area contributed by atoms with E-state index in [1.165, 1.54) is 0 Å². The lowest BCUT2D eigenvalue weighted by Crippen LogP contribution is -2.54. The topological polar surface area (TPSA) is 82.2 Å². The van der Waals surface area contributed by atoms with E-state index < -0.39 is 5.54 Å². The minimum atomic E-state index is -0.509. The number of nitrogens with two attached hydrogens (primary N) is 1. The molecule has 1 amide bonds. The summed E-state index contributed by atoms with van der Waals surface area (Å²) in [5, 5.41) is 12.7. The Morgan fingerprint density at radius 2 is 2.11 bits per heavy atom. The van der Waals surface area contributed by atoms with E-state index >= 15 is 0 Å². The second-order valence-electron chi connectivity index (χ2n) is 6.13. The molecule has 0 aliphatic carbocycles. The van der Waals surface area contributed by atoms with Gasteiger partial charge >= 0.3 is 0 Å². The number of rotatable bonds is 6. The highest BCUT2D eigenvalue weighted by molar-refractivity contribution is 5.73. The Bertz CT molecular complexity index is 342. The van der Waals surface area contributed by atoms with Gasteiger partial charge in [0.1, 0.15) is 5.54 Å². The first-order valence-corrected chi connectivity index (χ1v) is 7.04. The van der Waals surface area contributed by atoms with Crippen LogP contribution >= 0.6 is 0 Å². The van der Waals surface area contributed by atoms with E-state index in [2.05, 4.69) is 30.1 Å². The summed E-state index contributed by atoms with van der Waals surface area (Å²) in [6.07, 6.45) is 2.48. The zero-order chi connectivity index (χ0) is 14.5. The Hall–Kier alpha value is -1.12. The van der Waals surface area contributed by atoms with Gasteiger partial charge in [-0.05, 0) is 52.6 Å². The van der Waals surface area contributed by atoms with Crippen molar-refractivity contribution in [2.75, 3.05) is 19.6 Å². The molecule has 1 unspecified atom stereocenters. The van der Waals surface area contributed by atoms with Crippen molar-refractivity contribution in [2.24, 2.45) is 11.7 Å². The Kier molecular flexibility index (Phi) is 5.77. The highest BCUT2D eigenvalue weighted by atomic mass is 16.1. The number of hydrogen-bond donors (Lipinski definition) is 2. The largest absolute Gasteiger partial charge is 0.370 e. The van der Waals surface area contributed by atoms with E-state index in [1.807, 2.05) is 6.92 Å². The number of carbonyl (C=O) groups is 1. The van der Waals surface area contributed by atoms with Gasteiger partial charge in [-0.25, -0.2) is 0 Å². The third-order valence-electron chi connectivity index (χ3n) is 3.59. The minimum absolute atomic E-state index is 0.207. The minimum Gasteiger partial charge on any atom is -0.370 e. The van der Waals surface area contributed by atoms with Crippen molar-refractivity contribution in [3.05, 3.63) is 0 Å². The Morgan fingerprint density at radius 3 is 2.53 bits per heavy atom. The number of nitriles is 1. The van der Waals surface area contributed by atoms with Gasteiger partial charge in [-0.2, -0.15) is 5.26 Å². The van der Waals surface area contributed by atoms with Crippen molar-refractivity contribution in [1.29, 1.82) is 5.26 Å². The summed E-state index contributed by atoms with van der Waals surface area (Å²) in [5.41, 5.74) is 4.72. The Labute approximate surface area is 116 Å². The van der Waals surface area contributed by atoms with Crippen LogP contribution in [-0.2, 0) is 4.79 Å². The summed E-state index contributed by atoms with van der Waals surface area (Å²) in [6, 6.07) is 2.66. The molecule has 1 atom stereocenters. The molecule has 1 fully saturated rings. The van der Waals surface area contributed by atoms with Crippen LogP contribution in [0.1, 0.15) is 40.0 Å². The molecule has 5 heteroatoms. The van der Waals surface area contributed by atoms with Crippen LogP contribution in [0.2, 0.25) is 0 Å². The lowest BCUT2D eigenvalue weighted by atomic mass is 9.92. The van der Waals surface area contributed by atoms with Crippen molar-refractivity contribution in [2.45, 2.75) is 51.6 Å². The van der Waals surface area contributed by atoms with Crippen LogP contribution in [0.5, 0.6) is 0 Å². The average Bonchev–Trinajstić information content (AvgIpc) is 2.30. The van der Waals surface area contributed by atoms with Crippen molar-refractivity contribution in [3.8, 4) is 6.07 Å². The second kappa shape index (κ2) is 6.88. The van der Waals surface area contributed by atoms with Crippen molar-refractivity contribution in [3.63, 3.8) is 0 Å². The molecule has 19 heavy (non-hydrogen) atoms. The Morgan fingerprint density at radius 1 is 1.53 bits per heavy atom. The maximum atomic E-state index is 10.9. The molecule has 3 N–H and O–H groups in total. The molecule has 0 radical (unpaired) electrons. The van der Waals surface area contributed by atoms with E-state index in [-0.39, 0.29) is 11.9 Å². The molecular weight excluding hydrogens is 240 g/mol. The van der Waals surface area contributed by atoms with Crippen molar-refractivity contribution in [1.82, 2.24) is 10.2 Å². The number of carbonyl (C=O) groups excluding carboxylic acids is 1. The van der Waals surface area contributed by atoms with Gasteiger partial charge < -0.3 is 10.6 Å². The van der Waals surface area contributed by atoms with Gasteiger partial charge in [-0.3, -0.25) is 10.1 Å². The molecule has 1 aliphatic rings. The molecular formula is C14H26N4O. The van der Waals surface area contributed by atoms with Gasteiger partial charge in [0.25, 0.3) is 0 Å². The zero-order valence-corrected chi connectivity index (χ0v) is 12.3. The summed E-state index contributed by atoms with van der Waals surface area (Å²) in [6.45, 7) is 8.65. The van der Waals surface area contributed by atoms with Crippen LogP contribution in [0.4, 0.5) is 0 Å². The molecule has 1 saturated heterocycles. The summed E-state index contributed by atoms with van der Waals surface area (Å²) >= 11 is 0. The first-order chi connectivity index (χ1) is 8.84. The van der Waals surface area contributed by atoms with Gasteiger partial charge in [0, 0.05) is 19.0 Å². The van der Waals surface area contributed by atoms with Crippen LogP contribution < -0.4 is 11.1 Å². The number of primary amides is 1. The molecule has 108 valence electrons. The maximum absolute atomic E-state index is 10.9. The molecule has 0 bridgehead atoms. The van der Waals surface area contributed by atoms with Crippen LogP contribution in [-0.4, -0.2) is 42.0 Å². The fourth-order valence-electron chi connectivity index (χ4n) is 2.83. The van der Waals surface area contributed by atoms with Gasteiger partial charge in [0.05, 0.1) is 6.07 Å². The molecule has 0 aromatic rings. The monoisotopic (exact) mass is 266 g/mol. The van der Waals surface area contributed by atoms with Crippen LogP contribution in [0.3, 0.4) is 0 Å². The number of piperidine rings is 1. The van der Waals surface area contributed by atoms with Crippen LogP contribution in [0, 0.1) is 17.2 Å². The lowest BCUT2D eigenvalue weighted by molar-refractivity contribution is -0.119. The summed E-state index contributed by atoms with van der Waals surface area (Å²) in [5.74, 6) is 0.210. The standard InChI is InChI=1S/C14H26N4O/c1-11(2)17-14(3,9-15)10-18-6-4-12(5-7-18)8-13(16)19/h11-12,17H,4-8,10H2,1-3H3,(H2,16,19). The Balaban J connectivity index is 2.43. The highest BCUT2D eigenvalue weighted by Gasteiger charge is 2.29. The SMILES string of the molecule is CC(C)NC(C)(C#N)CN1CCC(CC(N)=O)CC1. The molecule has 1 heterocycles. The number of amides is 1. The van der Waals surface area contributed by atoms with Crippen LogP contribution in [0.15, 0.2) is 0 Å². The van der Waals surface area contributed by atoms with E-state index in [4.69, 9.17) is 5.73 Å². The van der Waals surface area contributed by atoms with Crippen molar-refractivity contribution < 1.29 is 4.79 Å². The fourth-order valence-corrected chi connectivity index (χ4v) is 2.83. The first-order valence-electron chi connectivity index (χ1n) is 7.04. The smallest absolute Gasteiger partial charge is 0.217 e. The molecule has 1 aliphatic heterocycles. The van der Waals surface area contributed by atoms with Gasteiger partial charge in [0.2, 0.25) is 5.91 Å². The second-order valence-corrected chi connectivity index (χ2v) is 6.13. The normalized spacial score (nSPS) is 21.0. The summed E-state index contributed by atoms with van der Waals surface area (Å²) in [4.78, 5) is 13.2. The molecule has 5 nitrogen and oxygen atoms in total. The van der Waals surface area contributed by atoms with E-state index in [0.717, 1.165) is 32.5 Å². The van der Waals surface area contributed by atoms with Crippen molar-refractivity contribution >= 4 is 5.91 Å². The molecule has 0 saturated carbocycles. The highest BCUT2D eigenvalue weighted by Crippen LogP contribution is 2.21. The number of nitrogens with zero attached hydrogens (tertiary/aromatic N) is 2. The number of hydrogen-bond acceptors (Lipinski definition) is 4. The van der Waals surface area contributed by atoms with E-state index in [9.17, 15) is 10.1 Å². The average molecular weight is 266 g/mol. The fraction of sp³-hybridized carbons (Fsp3) is 0.857. The van der Waals surface area contributed by atoms with Gasteiger partial charge in [-0.15, -0.1) is 0 Å². The molecule has 1 rings (SSSR count). The van der Waals surface area contributed by atoms with E-state index in [0.29, 0.717) is 12.3 Å². The predicted molar refractivity (Wildman–Crippen MR) is 75.3 cm³/mol. The summed E-state index contributed by atoms with van der Waals surface area (Å²) < 4.78 is 0. The third kappa shape index (κ3) is 5.58. The maximum Gasteiger partial charge on any atom is 0.217 e. The third-order valence-corrected chi connectivity index (χ3v) is 3.59. The molecule has 0 aromatic heterocycles. The van der Waals surface area contributed by atoms with E-state index in [1.54, 1.807) is 0 Å². The first kappa shape index (κ1) is 15.9. The molecule has 0 spiro atoms. The number of likely N-dealkylation sites (tertiary alicyclic amines) is 1. The zero-order valence-electron chi connectivity index (χ0n) is 12.3. The molecule has 0 aromatic carbocycles. The van der Waals surface area contributed by atoms with Gasteiger partial charge in [-0.1, -0.05) is 0 Å². The van der Waals surface area contributed by atoms with Crippen LogP contribution in [0.25, 0.3) is 0 Å². The lowest BCUT2D eigenvalue weighted by Gasteiger charge is -2.37. The summed E-state index contributed by atoms with van der Waals surface area (Å²) in [7, 11) is 0.